The highest BCUT2D eigenvalue weighted by molar-refractivity contribution is 5.69. The van der Waals surface area contributed by atoms with E-state index in [0.717, 1.165) is 23.3 Å². The summed E-state index contributed by atoms with van der Waals surface area (Å²) in [5.74, 6) is 0.0946. The van der Waals surface area contributed by atoms with Gasteiger partial charge in [0.15, 0.2) is 0 Å². The number of aryl methyl sites for hydroxylation is 1. The molecule has 21 heavy (non-hydrogen) atoms. The first-order valence-electron chi connectivity index (χ1n) is 6.44. The van der Waals surface area contributed by atoms with Crippen LogP contribution in [0.4, 0.5) is 13.2 Å². The molecule has 0 bridgehead atoms. The third kappa shape index (κ3) is 3.76. The van der Waals surface area contributed by atoms with Gasteiger partial charge in [0.05, 0.1) is 12.2 Å². The van der Waals surface area contributed by atoms with E-state index in [1.807, 2.05) is 19.1 Å². The second-order valence-corrected chi connectivity index (χ2v) is 4.63. The standard InChI is InChI=1S/C16H15F3O2/c1-11-4-2-3-5-15(11)12-8-13(16(17,18)19)10-14(9-12)21-7-6-20/h2-5,8-10,20H,6-7H2,1H3. The Morgan fingerprint density at radius 2 is 1.81 bits per heavy atom. The van der Waals surface area contributed by atoms with Crippen LogP contribution in [-0.4, -0.2) is 18.3 Å². The Hall–Kier alpha value is -2.01. The van der Waals surface area contributed by atoms with Crippen molar-refractivity contribution < 1.29 is 23.0 Å². The zero-order valence-electron chi connectivity index (χ0n) is 11.4. The summed E-state index contributed by atoms with van der Waals surface area (Å²) in [5, 5.41) is 8.74. The van der Waals surface area contributed by atoms with Crippen LogP contribution in [0.1, 0.15) is 11.1 Å². The summed E-state index contributed by atoms with van der Waals surface area (Å²) in [6.07, 6.45) is -4.45. The van der Waals surface area contributed by atoms with Crippen LogP contribution in [-0.2, 0) is 6.18 Å². The Bertz CT molecular complexity index is 621. The van der Waals surface area contributed by atoms with Crippen molar-refractivity contribution in [3.05, 3.63) is 53.6 Å². The molecule has 0 radical (unpaired) electrons. The summed E-state index contributed by atoms with van der Waals surface area (Å²) in [6.45, 7) is 1.54. The van der Waals surface area contributed by atoms with Crippen molar-refractivity contribution in [1.82, 2.24) is 0 Å². The number of rotatable bonds is 4. The van der Waals surface area contributed by atoms with Gasteiger partial charge in [-0.1, -0.05) is 24.3 Å². The van der Waals surface area contributed by atoms with Crippen molar-refractivity contribution in [3.8, 4) is 16.9 Å². The first-order chi connectivity index (χ1) is 9.91. The first kappa shape index (κ1) is 15.4. The molecular weight excluding hydrogens is 281 g/mol. The molecule has 0 unspecified atom stereocenters. The number of aliphatic hydroxyl groups excluding tert-OH is 1. The van der Waals surface area contributed by atoms with Crippen LogP contribution in [0.2, 0.25) is 0 Å². The van der Waals surface area contributed by atoms with Gasteiger partial charge in [0.25, 0.3) is 0 Å². The van der Waals surface area contributed by atoms with Gasteiger partial charge in [-0.2, -0.15) is 13.2 Å². The van der Waals surface area contributed by atoms with Gasteiger partial charge >= 0.3 is 6.18 Å². The summed E-state index contributed by atoms with van der Waals surface area (Å²) in [4.78, 5) is 0. The molecule has 2 aromatic carbocycles. The van der Waals surface area contributed by atoms with Gasteiger partial charge in [0.2, 0.25) is 0 Å². The molecule has 2 nitrogen and oxygen atoms in total. The number of aliphatic hydroxyl groups is 1. The van der Waals surface area contributed by atoms with E-state index < -0.39 is 11.7 Å². The Morgan fingerprint density at radius 3 is 2.43 bits per heavy atom. The molecule has 2 rings (SSSR count). The Morgan fingerprint density at radius 1 is 1.10 bits per heavy atom. The van der Waals surface area contributed by atoms with Crippen LogP contribution in [0, 0.1) is 6.92 Å². The molecule has 0 amide bonds. The van der Waals surface area contributed by atoms with Crippen LogP contribution in [0.5, 0.6) is 5.75 Å². The van der Waals surface area contributed by atoms with E-state index in [4.69, 9.17) is 9.84 Å². The highest BCUT2D eigenvalue weighted by Gasteiger charge is 2.31. The summed E-state index contributed by atoms with van der Waals surface area (Å²) in [7, 11) is 0. The molecule has 0 saturated heterocycles. The first-order valence-corrected chi connectivity index (χ1v) is 6.44. The molecule has 1 N–H and O–H groups in total. The normalized spacial score (nSPS) is 11.5. The monoisotopic (exact) mass is 296 g/mol. The van der Waals surface area contributed by atoms with E-state index in [1.165, 1.54) is 0 Å². The van der Waals surface area contributed by atoms with Crippen LogP contribution < -0.4 is 4.74 Å². The predicted octanol–water partition coefficient (Wildman–Crippen LogP) is 4.05. The van der Waals surface area contributed by atoms with Gasteiger partial charge in [0, 0.05) is 0 Å². The van der Waals surface area contributed by atoms with E-state index in [2.05, 4.69) is 0 Å². The lowest BCUT2D eigenvalue weighted by Crippen LogP contribution is -2.07. The largest absolute Gasteiger partial charge is 0.491 e. The summed E-state index contributed by atoms with van der Waals surface area (Å²) >= 11 is 0. The van der Waals surface area contributed by atoms with Crippen LogP contribution in [0.3, 0.4) is 0 Å². The van der Waals surface area contributed by atoms with Gasteiger partial charge < -0.3 is 9.84 Å². The lowest BCUT2D eigenvalue weighted by molar-refractivity contribution is -0.137. The summed E-state index contributed by atoms with van der Waals surface area (Å²) in [5.41, 5.74) is 1.27. The van der Waals surface area contributed by atoms with E-state index in [9.17, 15) is 13.2 Å². The van der Waals surface area contributed by atoms with E-state index in [1.54, 1.807) is 18.2 Å². The van der Waals surface area contributed by atoms with Gasteiger partial charge in [-0.05, 0) is 41.8 Å². The summed E-state index contributed by atoms with van der Waals surface area (Å²) in [6, 6.07) is 10.8. The van der Waals surface area contributed by atoms with Gasteiger partial charge in [0.1, 0.15) is 12.4 Å². The van der Waals surface area contributed by atoms with Crippen molar-refractivity contribution >= 4 is 0 Å². The molecule has 112 valence electrons. The second-order valence-electron chi connectivity index (χ2n) is 4.63. The lowest BCUT2D eigenvalue weighted by Gasteiger charge is -2.14. The molecule has 0 aliphatic heterocycles. The van der Waals surface area contributed by atoms with Crippen molar-refractivity contribution in [1.29, 1.82) is 0 Å². The Balaban J connectivity index is 2.52. The second kappa shape index (κ2) is 6.18. The number of hydrogen-bond acceptors (Lipinski definition) is 2. The average molecular weight is 296 g/mol. The minimum Gasteiger partial charge on any atom is -0.491 e. The topological polar surface area (TPSA) is 29.5 Å². The Labute approximate surface area is 120 Å². The smallest absolute Gasteiger partial charge is 0.416 e. The molecule has 0 aliphatic carbocycles. The Kier molecular flexibility index (Phi) is 4.53. The fraction of sp³-hybridized carbons (Fsp3) is 0.250. The number of halogens is 3. The molecule has 5 heteroatoms. The van der Waals surface area contributed by atoms with Crippen LogP contribution in [0.25, 0.3) is 11.1 Å². The summed E-state index contributed by atoms with van der Waals surface area (Å²) < 4.78 is 44.1. The molecule has 2 aromatic rings. The van der Waals surface area contributed by atoms with E-state index in [0.29, 0.717) is 5.56 Å². The van der Waals surface area contributed by atoms with Crippen molar-refractivity contribution in [2.24, 2.45) is 0 Å². The highest BCUT2D eigenvalue weighted by Crippen LogP contribution is 2.36. The molecule has 0 saturated carbocycles. The highest BCUT2D eigenvalue weighted by atomic mass is 19.4. The number of hydrogen-bond donors (Lipinski definition) is 1. The average Bonchev–Trinajstić information content (AvgIpc) is 2.44. The number of alkyl halides is 3. The SMILES string of the molecule is Cc1ccccc1-c1cc(OCCO)cc(C(F)(F)F)c1. The minimum atomic E-state index is -4.45. The zero-order chi connectivity index (χ0) is 15.5. The van der Waals surface area contributed by atoms with E-state index >= 15 is 0 Å². The van der Waals surface area contributed by atoms with Crippen molar-refractivity contribution in [2.45, 2.75) is 13.1 Å². The molecular formula is C16H15F3O2. The van der Waals surface area contributed by atoms with Crippen LogP contribution >= 0.6 is 0 Å². The molecule has 0 aliphatic rings. The van der Waals surface area contributed by atoms with Crippen molar-refractivity contribution in [2.75, 3.05) is 13.2 Å². The van der Waals surface area contributed by atoms with Gasteiger partial charge in [-0.3, -0.25) is 0 Å². The molecule has 0 aromatic heterocycles. The molecule has 0 spiro atoms. The lowest BCUT2D eigenvalue weighted by atomic mass is 9.98. The van der Waals surface area contributed by atoms with Gasteiger partial charge in [-0.15, -0.1) is 0 Å². The molecule has 0 heterocycles. The fourth-order valence-electron chi connectivity index (χ4n) is 2.06. The van der Waals surface area contributed by atoms with Crippen LogP contribution in [0.15, 0.2) is 42.5 Å². The third-order valence-electron chi connectivity index (χ3n) is 3.05. The molecule has 0 atom stereocenters. The maximum atomic E-state index is 13.0. The quantitative estimate of drug-likeness (QED) is 0.922. The van der Waals surface area contributed by atoms with Gasteiger partial charge in [-0.25, -0.2) is 0 Å². The van der Waals surface area contributed by atoms with Crippen molar-refractivity contribution in [3.63, 3.8) is 0 Å². The number of benzene rings is 2. The predicted molar refractivity (Wildman–Crippen MR) is 74.2 cm³/mol. The maximum absolute atomic E-state index is 13.0. The third-order valence-corrected chi connectivity index (χ3v) is 3.05. The maximum Gasteiger partial charge on any atom is 0.416 e. The fourth-order valence-corrected chi connectivity index (χ4v) is 2.06. The number of ether oxygens (including phenoxy) is 1. The minimum absolute atomic E-state index is 0.0471. The molecule has 0 fully saturated rings. The zero-order valence-corrected chi connectivity index (χ0v) is 11.4. The van der Waals surface area contributed by atoms with E-state index in [-0.39, 0.29) is 19.0 Å².